The lowest BCUT2D eigenvalue weighted by atomic mass is 10.0. The van der Waals surface area contributed by atoms with Gasteiger partial charge in [0.2, 0.25) is 0 Å². The third-order valence-electron chi connectivity index (χ3n) is 2.27. The smallest absolute Gasteiger partial charge is 0.166 e. The lowest BCUT2D eigenvalue weighted by Gasteiger charge is -2.15. The van der Waals surface area contributed by atoms with E-state index in [-0.39, 0.29) is 11.3 Å². The zero-order valence-corrected chi connectivity index (χ0v) is 10.9. The van der Waals surface area contributed by atoms with Gasteiger partial charge in [0.1, 0.15) is 11.9 Å². The minimum Gasteiger partial charge on any atom is -0.369 e. The van der Waals surface area contributed by atoms with E-state index < -0.39 is 11.9 Å². The van der Waals surface area contributed by atoms with Gasteiger partial charge in [-0.15, -0.1) is 0 Å². The number of rotatable bonds is 5. The monoisotopic (exact) mass is 288 g/mol. The molecule has 16 heavy (non-hydrogen) atoms. The van der Waals surface area contributed by atoms with Crippen molar-refractivity contribution in [1.29, 1.82) is 0 Å². The Morgan fingerprint density at radius 2 is 2.25 bits per heavy atom. The zero-order valence-electron chi connectivity index (χ0n) is 9.30. The van der Waals surface area contributed by atoms with E-state index in [9.17, 15) is 9.18 Å². The molecule has 2 nitrogen and oxygen atoms in total. The molecule has 0 heterocycles. The van der Waals surface area contributed by atoms with Gasteiger partial charge >= 0.3 is 0 Å². The highest BCUT2D eigenvalue weighted by atomic mass is 79.9. The van der Waals surface area contributed by atoms with Crippen molar-refractivity contribution in [3.05, 3.63) is 34.1 Å². The molecule has 0 N–H and O–H groups in total. The summed E-state index contributed by atoms with van der Waals surface area (Å²) >= 11 is 3.25. The van der Waals surface area contributed by atoms with Gasteiger partial charge in [-0.05, 0) is 24.6 Å². The number of ether oxygens (including phenoxy) is 1. The van der Waals surface area contributed by atoms with Crippen LogP contribution in [0.4, 0.5) is 4.39 Å². The predicted octanol–water partition coefficient (Wildman–Crippen LogP) is 3.64. The van der Waals surface area contributed by atoms with Gasteiger partial charge in [-0.25, -0.2) is 4.39 Å². The molecule has 0 saturated heterocycles. The van der Waals surface area contributed by atoms with E-state index in [1.807, 2.05) is 6.92 Å². The Bertz CT molecular complexity index is 379. The lowest BCUT2D eigenvalue weighted by molar-refractivity contribution is -0.129. The van der Waals surface area contributed by atoms with Gasteiger partial charge in [0.15, 0.2) is 5.78 Å². The highest BCUT2D eigenvalue weighted by Gasteiger charge is 2.22. The summed E-state index contributed by atoms with van der Waals surface area (Å²) in [5, 5.41) is 0. The first kappa shape index (κ1) is 13.3. The lowest BCUT2D eigenvalue weighted by Crippen LogP contribution is -2.15. The number of methoxy groups -OCH3 is 1. The van der Waals surface area contributed by atoms with E-state index in [1.165, 1.54) is 13.2 Å². The molecule has 4 heteroatoms. The number of ketones is 1. The molecule has 0 aromatic heterocycles. The number of benzene rings is 1. The summed E-state index contributed by atoms with van der Waals surface area (Å²) in [4.78, 5) is 11.7. The molecule has 1 aromatic carbocycles. The first-order valence-electron chi connectivity index (χ1n) is 5.10. The van der Waals surface area contributed by atoms with Crippen molar-refractivity contribution in [2.24, 2.45) is 0 Å². The average Bonchev–Trinajstić information content (AvgIpc) is 2.24. The van der Waals surface area contributed by atoms with Crippen LogP contribution in [0.3, 0.4) is 0 Å². The first-order chi connectivity index (χ1) is 7.60. The Balaban J connectivity index is 3.03. The topological polar surface area (TPSA) is 26.3 Å². The largest absolute Gasteiger partial charge is 0.369 e. The fraction of sp³-hybridized carbons (Fsp3) is 0.417. The second kappa shape index (κ2) is 6.11. The number of Topliss-reactive ketones (excluding diaryl/α,β-unsaturated/α-hetero) is 1. The van der Waals surface area contributed by atoms with Crippen LogP contribution in [0.25, 0.3) is 0 Å². The highest BCUT2D eigenvalue weighted by Crippen LogP contribution is 2.25. The van der Waals surface area contributed by atoms with Crippen LogP contribution in [-0.4, -0.2) is 12.9 Å². The van der Waals surface area contributed by atoms with Crippen LogP contribution in [0, 0.1) is 5.82 Å². The average molecular weight is 289 g/mol. The fourth-order valence-electron chi connectivity index (χ4n) is 1.52. The van der Waals surface area contributed by atoms with Crippen molar-refractivity contribution in [1.82, 2.24) is 0 Å². The molecule has 0 saturated carbocycles. The molecule has 0 aliphatic rings. The molecule has 1 unspecified atom stereocenters. The van der Waals surface area contributed by atoms with Gasteiger partial charge in [-0.2, -0.15) is 0 Å². The standard InChI is InChI=1S/C12H14BrFO2/c1-3-4-11(15)12(16-2)9-7-8(13)5-6-10(9)14/h5-7,12H,3-4H2,1-2H3. The second-order valence-corrected chi connectivity index (χ2v) is 4.41. The number of hydrogen-bond acceptors (Lipinski definition) is 2. The van der Waals surface area contributed by atoms with Crippen molar-refractivity contribution >= 4 is 21.7 Å². The highest BCUT2D eigenvalue weighted by molar-refractivity contribution is 9.10. The molecule has 0 radical (unpaired) electrons. The Hall–Kier alpha value is -0.740. The Morgan fingerprint density at radius 1 is 1.56 bits per heavy atom. The molecular formula is C12H14BrFO2. The zero-order chi connectivity index (χ0) is 12.1. The van der Waals surface area contributed by atoms with Gasteiger partial charge in [-0.3, -0.25) is 4.79 Å². The van der Waals surface area contributed by atoms with Crippen LogP contribution in [0.2, 0.25) is 0 Å². The van der Waals surface area contributed by atoms with Gasteiger partial charge in [0.05, 0.1) is 0 Å². The summed E-state index contributed by atoms with van der Waals surface area (Å²) in [5.41, 5.74) is 0.287. The van der Waals surface area contributed by atoms with E-state index in [2.05, 4.69) is 15.9 Å². The van der Waals surface area contributed by atoms with Gasteiger partial charge in [-0.1, -0.05) is 22.9 Å². The van der Waals surface area contributed by atoms with Crippen molar-refractivity contribution in [2.75, 3.05) is 7.11 Å². The summed E-state index contributed by atoms with van der Waals surface area (Å²) in [6.07, 6.45) is 0.316. The van der Waals surface area contributed by atoms with Crippen molar-refractivity contribution < 1.29 is 13.9 Å². The summed E-state index contributed by atoms with van der Waals surface area (Å²) < 4.78 is 19.4. The molecule has 0 bridgehead atoms. The first-order valence-corrected chi connectivity index (χ1v) is 5.90. The molecule has 1 aromatic rings. The number of carbonyl (C=O) groups is 1. The SMILES string of the molecule is CCCC(=O)C(OC)c1cc(Br)ccc1F. The normalized spacial score (nSPS) is 12.5. The minimum atomic E-state index is -0.808. The summed E-state index contributed by atoms with van der Waals surface area (Å²) in [7, 11) is 1.42. The van der Waals surface area contributed by atoms with E-state index in [1.54, 1.807) is 12.1 Å². The van der Waals surface area contributed by atoms with E-state index in [0.717, 1.165) is 10.9 Å². The van der Waals surface area contributed by atoms with Crippen molar-refractivity contribution in [3.63, 3.8) is 0 Å². The summed E-state index contributed by atoms with van der Waals surface area (Å²) in [6.45, 7) is 1.90. The molecule has 1 atom stereocenters. The maximum absolute atomic E-state index is 13.6. The third kappa shape index (κ3) is 3.12. The predicted molar refractivity (Wildman–Crippen MR) is 63.8 cm³/mol. The van der Waals surface area contributed by atoms with E-state index in [4.69, 9.17) is 4.74 Å². The van der Waals surface area contributed by atoms with Gasteiger partial charge in [0.25, 0.3) is 0 Å². The van der Waals surface area contributed by atoms with Crippen LogP contribution in [0.15, 0.2) is 22.7 Å². The Labute approximate surface area is 103 Å². The maximum Gasteiger partial charge on any atom is 0.166 e. The quantitative estimate of drug-likeness (QED) is 0.827. The molecular weight excluding hydrogens is 275 g/mol. The van der Waals surface area contributed by atoms with Crippen LogP contribution >= 0.6 is 15.9 Å². The minimum absolute atomic E-state index is 0.0954. The number of halogens is 2. The second-order valence-electron chi connectivity index (χ2n) is 3.50. The van der Waals surface area contributed by atoms with Crippen LogP contribution in [0.1, 0.15) is 31.4 Å². The maximum atomic E-state index is 13.6. The van der Waals surface area contributed by atoms with E-state index >= 15 is 0 Å². The van der Waals surface area contributed by atoms with Crippen LogP contribution < -0.4 is 0 Å². The van der Waals surface area contributed by atoms with Crippen LogP contribution in [0.5, 0.6) is 0 Å². The molecule has 0 amide bonds. The van der Waals surface area contributed by atoms with Crippen molar-refractivity contribution in [2.45, 2.75) is 25.9 Å². The Kier molecular flexibility index (Phi) is 5.09. The van der Waals surface area contributed by atoms with Crippen molar-refractivity contribution in [3.8, 4) is 0 Å². The summed E-state index contributed by atoms with van der Waals surface area (Å²) in [6, 6.07) is 4.50. The number of hydrogen-bond donors (Lipinski definition) is 0. The molecule has 0 spiro atoms. The Morgan fingerprint density at radius 3 is 2.81 bits per heavy atom. The van der Waals surface area contributed by atoms with Gasteiger partial charge in [0, 0.05) is 23.6 Å². The van der Waals surface area contributed by atoms with E-state index in [0.29, 0.717) is 6.42 Å². The molecule has 0 fully saturated rings. The fourth-order valence-corrected chi connectivity index (χ4v) is 1.90. The van der Waals surface area contributed by atoms with Crippen LogP contribution in [-0.2, 0) is 9.53 Å². The summed E-state index contributed by atoms with van der Waals surface area (Å²) in [5.74, 6) is -0.512. The molecule has 0 aliphatic carbocycles. The third-order valence-corrected chi connectivity index (χ3v) is 2.76. The number of carbonyl (C=O) groups excluding carboxylic acids is 1. The molecule has 88 valence electrons. The molecule has 1 rings (SSSR count). The molecule has 0 aliphatic heterocycles. The van der Waals surface area contributed by atoms with Gasteiger partial charge < -0.3 is 4.74 Å².